The van der Waals surface area contributed by atoms with Crippen molar-refractivity contribution in [3.63, 3.8) is 0 Å². The number of hydrogen-bond donors (Lipinski definition) is 1. The monoisotopic (exact) mass is 389 g/mol. The van der Waals surface area contributed by atoms with Crippen LogP contribution in [0, 0.1) is 5.92 Å². The van der Waals surface area contributed by atoms with Gasteiger partial charge in [0, 0.05) is 44.8 Å². The molecule has 0 spiro atoms. The molecule has 6 nitrogen and oxygen atoms in total. The Bertz CT molecular complexity index is 644. The molecule has 1 heterocycles. The van der Waals surface area contributed by atoms with Gasteiger partial charge in [0.15, 0.2) is 17.5 Å². The van der Waals surface area contributed by atoms with E-state index in [0.717, 1.165) is 68.6 Å². The van der Waals surface area contributed by atoms with Crippen LogP contribution in [0.4, 0.5) is 0 Å². The number of nitrogens with one attached hydrogen (secondary N) is 1. The highest BCUT2D eigenvalue weighted by Gasteiger charge is 2.25. The Morgan fingerprint density at radius 3 is 2.79 bits per heavy atom. The maximum Gasteiger partial charge on any atom is 0.193 e. The number of benzene rings is 1. The van der Waals surface area contributed by atoms with Crippen molar-refractivity contribution in [3.05, 3.63) is 23.8 Å². The second kappa shape index (κ2) is 10.6. The van der Waals surface area contributed by atoms with E-state index in [4.69, 9.17) is 14.2 Å². The first kappa shape index (κ1) is 20.8. The van der Waals surface area contributed by atoms with E-state index in [1.165, 1.54) is 12.8 Å². The van der Waals surface area contributed by atoms with Gasteiger partial charge in [-0.3, -0.25) is 4.99 Å². The molecule has 1 saturated heterocycles. The van der Waals surface area contributed by atoms with Crippen LogP contribution in [0.2, 0.25) is 0 Å². The minimum atomic E-state index is 0.298. The predicted molar refractivity (Wildman–Crippen MR) is 112 cm³/mol. The van der Waals surface area contributed by atoms with Crippen LogP contribution in [-0.4, -0.2) is 57.4 Å². The van der Waals surface area contributed by atoms with Crippen LogP contribution in [0.15, 0.2) is 23.2 Å². The zero-order valence-corrected chi connectivity index (χ0v) is 17.6. The molecule has 2 aliphatic rings. The predicted octanol–water partition coefficient (Wildman–Crippen LogP) is 3.45. The fraction of sp³-hybridized carbons (Fsp3) is 0.682. The normalized spacial score (nSPS) is 20.6. The third kappa shape index (κ3) is 5.31. The number of para-hydroxylation sites is 1. The Morgan fingerprint density at radius 2 is 2.07 bits per heavy atom. The van der Waals surface area contributed by atoms with Crippen molar-refractivity contribution in [1.82, 2.24) is 10.2 Å². The van der Waals surface area contributed by atoms with E-state index in [9.17, 15) is 0 Å². The van der Waals surface area contributed by atoms with Gasteiger partial charge < -0.3 is 24.4 Å². The highest BCUT2D eigenvalue weighted by molar-refractivity contribution is 5.80. The van der Waals surface area contributed by atoms with Crippen molar-refractivity contribution >= 4 is 5.96 Å². The average Bonchev–Trinajstić information content (AvgIpc) is 3.40. The zero-order valence-electron chi connectivity index (χ0n) is 17.6. The van der Waals surface area contributed by atoms with Crippen LogP contribution in [0.25, 0.3) is 0 Å². The van der Waals surface area contributed by atoms with Gasteiger partial charge in [0.05, 0.1) is 19.8 Å². The molecule has 1 atom stereocenters. The number of methoxy groups -OCH3 is 1. The number of ether oxygens (including phenoxy) is 3. The summed E-state index contributed by atoms with van der Waals surface area (Å²) in [5.41, 5.74) is 1.11. The zero-order chi connectivity index (χ0) is 19.8. The molecule has 1 aromatic carbocycles. The Hall–Kier alpha value is -1.95. The van der Waals surface area contributed by atoms with E-state index in [2.05, 4.69) is 21.3 Å². The molecule has 3 rings (SSSR count). The lowest BCUT2D eigenvalue weighted by molar-refractivity contribution is 0.114. The summed E-state index contributed by atoms with van der Waals surface area (Å²) in [4.78, 5) is 6.81. The van der Waals surface area contributed by atoms with Crippen molar-refractivity contribution in [2.45, 2.75) is 51.7 Å². The molecule has 0 amide bonds. The molecule has 156 valence electrons. The summed E-state index contributed by atoms with van der Waals surface area (Å²) in [5.74, 6) is 3.19. The first-order valence-electron chi connectivity index (χ1n) is 10.6. The minimum Gasteiger partial charge on any atom is -0.493 e. The van der Waals surface area contributed by atoms with E-state index in [0.29, 0.717) is 18.6 Å². The van der Waals surface area contributed by atoms with Crippen LogP contribution in [-0.2, 0) is 11.3 Å². The Morgan fingerprint density at radius 1 is 1.25 bits per heavy atom. The largest absolute Gasteiger partial charge is 0.493 e. The van der Waals surface area contributed by atoms with Gasteiger partial charge in [0.1, 0.15) is 0 Å². The summed E-state index contributed by atoms with van der Waals surface area (Å²) >= 11 is 0. The number of guanidine groups is 1. The van der Waals surface area contributed by atoms with Crippen molar-refractivity contribution in [3.8, 4) is 11.5 Å². The van der Waals surface area contributed by atoms with E-state index >= 15 is 0 Å². The van der Waals surface area contributed by atoms with Gasteiger partial charge >= 0.3 is 0 Å². The average molecular weight is 390 g/mol. The minimum absolute atomic E-state index is 0.298. The molecule has 1 aliphatic carbocycles. The topological polar surface area (TPSA) is 55.3 Å². The van der Waals surface area contributed by atoms with E-state index in [1.807, 2.05) is 26.1 Å². The van der Waals surface area contributed by atoms with Crippen LogP contribution >= 0.6 is 0 Å². The van der Waals surface area contributed by atoms with Crippen LogP contribution in [0.1, 0.15) is 44.6 Å². The fourth-order valence-electron chi connectivity index (χ4n) is 4.12. The second-order valence-electron chi connectivity index (χ2n) is 7.63. The molecule has 1 aromatic rings. The van der Waals surface area contributed by atoms with Gasteiger partial charge in [0.2, 0.25) is 0 Å². The lowest BCUT2D eigenvalue weighted by Gasteiger charge is -2.23. The summed E-state index contributed by atoms with van der Waals surface area (Å²) in [5, 5.41) is 3.52. The number of likely N-dealkylation sites (tertiary alicyclic amines) is 1. The number of rotatable bonds is 8. The molecular formula is C22H35N3O3. The van der Waals surface area contributed by atoms with Crippen LogP contribution in [0.3, 0.4) is 0 Å². The molecule has 6 heteroatoms. The van der Waals surface area contributed by atoms with Crippen molar-refractivity contribution in [2.24, 2.45) is 10.9 Å². The van der Waals surface area contributed by atoms with Crippen LogP contribution in [0.5, 0.6) is 11.5 Å². The summed E-state index contributed by atoms with van der Waals surface area (Å²) in [6.07, 6.45) is 6.20. The summed E-state index contributed by atoms with van der Waals surface area (Å²) < 4.78 is 17.5. The van der Waals surface area contributed by atoms with Gasteiger partial charge in [0.25, 0.3) is 0 Å². The smallest absolute Gasteiger partial charge is 0.193 e. The lowest BCUT2D eigenvalue weighted by Crippen LogP contribution is -2.40. The number of hydrogen-bond acceptors (Lipinski definition) is 4. The van der Waals surface area contributed by atoms with Crippen molar-refractivity contribution in [1.29, 1.82) is 0 Å². The highest BCUT2D eigenvalue weighted by atomic mass is 16.5. The Labute approximate surface area is 169 Å². The molecule has 1 saturated carbocycles. The van der Waals surface area contributed by atoms with Gasteiger partial charge in [-0.2, -0.15) is 0 Å². The highest BCUT2D eigenvalue weighted by Crippen LogP contribution is 2.34. The van der Waals surface area contributed by atoms with E-state index in [-0.39, 0.29) is 0 Å². The molecular weight excluding hydrogens is 354 g/mol. The molecule has 0 aromatic heterocycles. The maximum atomic E-state index is 6.35. The van der Waals surface area contributed by atoms with Gasteiger partial charge in [-0.15, -0.1) is 0 Å². The quantitative estimate of drug-likeness (QED) is 0.545. The molecule has 0 radical (unpaired) electrons. The first-order valence-corrected chi connectivity index (χ1v) is 10.6. The van der Waals surface area contributed by atoms with E-state index < -0.39 is 0 Å². The maximum absolute atomic E-state index is 6.35. The summed E-state index contributed by atoms with van der Waals surface area (Å²) in [7, 11) is 3.55. The molecule has 28 heavy (non-hydrogen) atoms. The first-order chi connectivity index (χ1) is 13.7. The molecule has 0 bridgehead atoms. The van der Waals surface area contributed by atoms with Crippen LogP contribution < -0.4 is 14.8 Å². The summed E-state index contributed by atoms with van der Waals surface area (Å²) in [6.45, 7) is 6.33. The summed E-state index contributed by atoms with van der Waals surface area (Å²) in [6, 6.07) is 6.10. The van der Waals surface area contributed by atoms with E-state index in [1.54, 1.807) is 7.11 Å². The van der Waals surface area contributed by atoms with Gasteiger partial charge in [-0.1, -0.05) is 12.1 Å². The number of aliphatic imine (C=N–C) groups is 1. The second-order valence-corrected chi connectivity index (χ2v) is 7.63. The lowest BCUT2D eigenvalue weighted by atomic mass is 10.1. The molecule has 1 N–H and O–H groups in total. The number of nitrogens with zero attached hydrogens (tertiary/aromatic N) is 2. The Balaban J connectivity index is 1.62. The standard InChI is InChI=1S/C22H35N3O3/c1-4-27-16-17-12-13-25(15-17)22(23-2)24-14-18-8-7-11-20(26-3)21(18)28-19-9-5-6-10-19/h7-8,11,17,19H,4-6,9-10,12-16H2,1-3H3,(H,23,24). The fourth-order valence-corrected chi connectivity index (χ4v) is 4.12. The van der Waals surface area contributed by atoms with Gasteiger partial charge in [-0.25, -0.2) is 0 Å². The van der Waals surface area contributed by atoms with Gasteiger partial charge in [-0.05, 0) is 45.1 Å². The molecule has 2 fully saturated rings. The third-order valence-corrected chi connectivity index (χ3v) is 5.66. The third-order valence-electron chi connectivity index (χ3n) is 5.66. The molecule has 1 unspecified atom stereocenters. The SMILES string of the molecule is CCOCC1CCN(C(=NC)NCc2cccc(OC)c2OC2CCCC2)C1. The van der Waals surface area contributed by atoms with Crippen molar-refractivity contribution in [2.75, 3.05) is 40.5 Å². The van der Waals surface area contributed by atoms with Crippen molar-refractivity contribution < 1.29 is 14.2 Å². The Kier molecular flexibility index (Phi) is 7.83. The molecule has 1 aliphatic heterocycles.